The van der Waals surface area contributed by atoms with Crippen LogP contribution in [-0.4, -0.2) is 24.7 Å². The number of nitrogens with one attached hydrogen (secondary N) is 2. The molecule has 5 nitrogen and oxygen atoms in total. The second-order valence-electron chi connectivity index (χ2n) is 3.57. The van der Waals surface area contributed by atoms with Crippen molar-refractivity contribution in [1.82, 2.24) is 14.9 Å². The van der Waals surface area contributed by atoms with Gasteiger partial charge in [0.25, 0.3) is 0 Å². The molecule has 1 aromatic heterocycles. The zero-order chi connectivity index (χ0) is 10.2. The molecule has 2 atom stereocenters. The van der Waals surface area contributed by atoms with Crippen molar-refractivity contribution in [3.63, 3.8) is 0 Å². The van der Waals surface area contributed by atoms with E-state index in [0.717, 1.165) is 12.8 Å². The predicted octanol–water partition coefficient (Wildman–Crippen LogP) is 0.486. The first-order valence-corrected chi connectivity index (χ1v) is 6.13. The van der Waals surface area contributed by atoms with E-state index in [0.29, 0.717) is 5.92 Å². The fourth-order valence-electron chi connectivity index (χ4n) is 1.50. The summed E-state index contributed by atoms with van der Waals surface area (Å²) in [6.45, 7) is 2.07. The number of aromatic amines is 1. The number of sulfonamides is 1. The maximum atomic E-state index is 11.6. The van der Waals surface area contributed by atoms with Crippen molar-refractivity contribution in [3.8, 4) is 0 Å². The molecule has 6 heteroatoms. The molecule has 0 amide bonds. The molecule has 0 saturated heterocycles. The number of nitrogens with zero attached hydrogens (tertiary/aromatic N) is 1. The maximum absolute atomic E-state index is 11.6. The average molecular weight is 215 g/mol. The van der Waals surface area contributed by atoms with Crippen LogP contribution < -0.4 is 4.72 Å². The first kappa shape index (κ1) is 9.67. The molecule has 1 aliphatic rings. The van der Waals surface area contributed by atoms with E-state index in [1.807, 2.05) is 0 Å². The van der Waals surface area contributed by atoms with Gasteiger partial charge in [0.2, 0.25) is 10.0 Å². The molecule has 2 N–H and O–H groups in total. The Morgan fingerprint density at radius 1 is 1.71 bits per heavy atom. The summed E-state index contributed by atoms with van der Waals surface area (Å²) in [5.41, 5.74) is 0. The SMILES string of the molecule is CCC1CC1NS(=O)(=O)c1cn[nH]c1. The van der Waals surface area contributed by atoms with Crippen molar-refractivity contribution < 1.29 is 8.42 Å². The Labute approximate surface area is 83.0 Å². The van der Waals surface area contributed by atoms with E-state index in [-0.39, 0.29) is 10.9 Å². The first-order valence-electron chi connectivity index (χ1n) is 4.64. The van der Waals surface area contributed by atoms with E-state index in [1.165, 1.54) is 12.4 Å². The molecular weight excluding hydrogens is 202 g/mol. The Morgan fingerprint density at radius 3 is 3.00 bits per heavy atom. The largest absolute Gasteiger partial charge is 0.284 e. The summed E-state index contributed by atoms with van der Waals surface area (Å²) in [5, 5.41) is 6.10. The van der Waals surface area contributed by atoms with Gasteiger partial charge < -0.3 is 0 Å². The minimum atomic E-state index is -3.34. The van der Waals surface area contributed by atoms with Gasteiger partial charge in [-0.05, 0) is 12.3 Å². The van der Waals surface area contributed by atoms with Crippen LogP contribution in [0.2, 0.25) is 0 Å². The van der Waals surface area contributed by atoms with E-state index in [2.05, 4.69) is 21.8 Å². The summed E-state index contributed by atoms with van der Waals surface area (Å²) in [4.78, 5) is 0.208. The molecule has 1 saturated carbocycles. The molecule has 14 heavy (non-hydrogen) atoms. The smallest absolute Gasteiger partial charge is 0.243 e. The van der Waals surface area contributed by atoms with Gasteiger partial charge in [0.15, 0.2) is 0 Å². The highest BCUT2D eigenvalue weighted by molar-refractivity contribution is 7.89. The quantitative estimate of drug-likeness (QED) is 0.767. The van der Waals surface area contributed by atoms with Crippen LogP contribution in [0.15, 0.2) is 17.3 Å². The topological polar surface area (TPSA) is 74.8 Å². The number of rotatable bonds is 4. The van der Waals surface area contributed by atoms with Crippen molar-refractivity contribution in [3.05, 3.63) is 12.4 Å². The molecule has 0 spiro atoms. The van der Waals surface area contributed by atoms with Gasteiger partial charge in [-0.15, -0.1) is 0 Å². The summed E-state index contributed by atoms with van der Waals surface area (Å²) in [5.74, 6) is 0.511. The Balaban J connectivity index is 2.05. The molecule has 2 rings (SSSR count). The molecule has 2 unspecified atom stereocenters. The van der Waals surface area contributed by atoms with E-state index >= 15 is 0 Å². The van der Waals surface area contributed by atoms with Crippen molar-refractivity contribution in [2.75, 3.05) is 0 Å². The second kappa shape index (κ2) is 3.36. The van der Waals surface area contributed by atoms with Crippen LogP contribution in [0.25, 0.3) is 0 Å². The van der Waals surface area contributed by atoms with E-state index in [4.69, 9.17) is 0 Å². The minimum Gasteiger partial charge on any atom is -0.284 e. The third-order valence-electron chi connectivity index (χ3n) is 2.54. The van der Waals surface area contributed by atoms with Gasteiger partial charge >= 0.3 is 0 Å². The second-order valence-corrected chi connectivity index (χ2v) is 5.28. The van der Waals surface area contributed by atoms with Crippen molar-refractivity contribution >= 4 is 10.0 Å². The van der Waals surface area contributed by atoms with Gasteiger partial charge in [-0.2, -0.15) is 5.10 Å². The van der Waals surface area contributed by atoms with Crippen molar-refractivity contribution in [2.24, 2.45) is 5.92 Å². The highest BCUT2D eigenvalue weighted by Gasteiger charge is 2.38. The van der Waals surface area contributed by atoms with Crippen LogP contribution in [0.3, 0.4) is 0 Å². The monoisotopic (exact) mass is 215 g/mol. The number of hydrogen-bond donors (Lipinski definition) is 2. The average Bonchev–Trinajstić information content (AvgIpc) is 2.69. The third-order valence-corrected chi connectivity index (χ3v) is 3.99. The molecular formula is C8H13N3O2S. The van der Waals surface area contributed by atoms with Gasteiger partial charge in [-0.25, -0.2) is 13.1 Å². The van der Waals surface area contributed by atoms with Crippen LogP contribution in [-0.2, 0) is 10.0 Å². The van der Waals surface area contributed by atoms with E-state index < -0.39 is 10.0 Å². The molecule has 0 aromatic carbocycles. The Hall–Kier alpha value is -0.880. The molecule has 0 radical (unpaired) electrons. The van der Waals surface area contributed by atoms with Crippen molar-refractivity contribution in [1.29, 1.82) is 0 Å². The zero-order valence-corrected chi connectivity index (χ0v) is 8.71. The summed E-state index contributed by atoms with van der Waals surface area (Å²) >= 11 is 0. The molecule has 78 valence electrons. The lowest BCUT2D eigenvalue weighted by molar-refractivity contribution is 0.576. The minimum absolute atomic E-state index is 0.125. The van der Waals surface area contributed by atoms with Gasteiger partial charge in [0.1, 0.15) is 4.90 Å². The lowest BCUT2D eigenvalue weighted by Crippen LogP contribution is -2.26. The molecule has 1 heterocycles. The normalized spacial score (nSPS) is 26.4. The summed E-state index contributed by atoms with van der Waals surface area (Å²) < 4.78 is 25.9. The van der Waals surface area contributed by atoms with Crippen LogP contribution >= 0.6 is 0 Å². The van der Waals surface area contributed by atoms with Gasteiger partial charge in [-0.3, -0.25) is 5.10 Å². The lowest BCUT2D eigenvalue weighted by atomic mass is 10.3. The Kier molecular flexibility index (Phi) is 2.32. The molecule has 1 fully saturated rings. The van der Waals surface area contributed by atoms with Gasteiger partial charge in [0, 0.05) is 12.2 Å². The van der Waals surface area contributed by atoms with Crippen LogP contribution in [0.1, 0.15) is 19.8 Å². The first-order chi connectivity index (χ1) is 6.63. The summed E-state index contributed by atoms with van der Waals surface area (Å²) in [6.07, 6.45) is 4.67. The number of hydrogen-bond acceptors (Lipinski definition) is 3. The molecule has 0 bridgehead atoms. The highest BCUT2D eigenvalue weighted by atomic mass is 32.2. The Bertz CT molecular complexity index is 398. The highest BCUT2D eigenvalue weighted by Crippen LogP contribution is 2.34. The maximum Gasteiger partial charge on any atom is 0.243 e. The Morgan fingerprint density at radius 2 is 2.50 bits per heavy atom. The third kappa shape index (κ3) is 1.80. The van der Waals surface area contributed by atoms with Crippen LogP contribution in [0.4, 0.5) is 0 Å². The molecule has 1 aromatic rings. The molecule has 0 aliphatic heterocycles. The summed E-state index contributed by atoms with van der Waals surface area (Å²) in [6, 6.07) is 0.125. The lowest BCUT2D eigenvalue weighted by Gasteiger charge is -2.02. The van der Waals surface area contributed by atoms with Crippen LogP contribution in [0.5, 0.6) is 0 Å². The standard InChI is InChI=1S/C8H13N3O2S/c1-2-6-3-8(6)11-14(12,13)7-4-9-10-5-7/h4-6,8,11H,2-3H2,1H3,(H,9,10). The predicted molar refractivity (Wildman–Crippen MR) is 51.1 cm³/mol. The van der Waals surface area contributed by atoms with E-state index in [9.17, 15) is 8.42 Å². The number of H-pyrrole nitrogens is 1. The zero-order valence-electron chi connectivity index (χ0n) is 7.90. The molecule has 1 aliphatic carbocycles. The van der Waals surface area contributed by atoms with Gasteiger partial charge in [0.05, 0.1) is 6.20 Å². The number of aromatic nitrogens is 2. The van der Waals surface area contributed by atoms with E-state index in [1.54, 1.807) is 0 Å². The summed E-state index contributed by atoms with van der Waals surface area (Å²) in [7, 11) is -3.34. The van der Waals surface area contributed by atoms with Crippen LogP contribution in [0, 0.1) is 5.92 Å². The fourth-order valence-corrected chi connectivity index (χ4v) is 2.72. The van der Waals surface area contributed by atoms with Gasteiger partial charge in [-0.1, -0.05) is 13.3 Å². The van der Waals surface area contributed by atoms with Crippen molar-refractivity contribution in [2.45, 2.75) is 30.7 Å². The fraction of sp³-hybridized carbons (Fsp3) is 0.625.